The largest absolute Gasteiger partial charge is 0.245 e. The lowest BCUT2D eigenvalue weighted by atomic mass is 10.1. The summed E-state index contributed by atoms with van der Waals surface area (Å²) >= 11 is 12.1. The predicted octanol–water partition coefficient (Wildman–Crippen LogP) is 5.26. The molecule has 0 aliphatic carbocycles. The van der Waals surface area contributed by atoms with Gasteiger partial charge >= 0.3 is 0 Å². The van der Waals surface area contributed by atoms with Crippen LogP contribution < -0.4 is 0 Å². The fourth-order valence-electron chi connectivity index (χ4n) is 2.72. The first kappa shape index (κ1) is 20.4. The lowest BCUT2D eigenvalue weighted by Gasteiger charge is -2.23. The third kappa shape index (κ3) is 4.73. The van der Waals surface area contributed by atoms with Gasteiger partial charge in [-0.15, -0.1) is 0 Å². The second-order valence-electron chi connectivity index (χ2n) is 6.14. The van der Waals surface area contributed by atoms with Gasteiger partial charge in [0, 0.05) is 18.1 Å². The Labute approximate surface area is 174 Å². The van der Waals surface area contributed by atoms with E-state index in [2.05, 4.69) is 6.07 Å². The molecule has 0 heterocycles. The number of rotatable bonds is 6. The average molecular weight is 431 g/mol. The van der Waals surface area contributed by atoms with Crippen LogP contribution in [0.25, 0.3) is 0 Å². The highest BCUT2D eigenvalue weighted by Gasteiger charge is 2.27. The van der Waals surface area contributed by atoms with Crippen LogP contribution in [0.5, 0.6) is 0 Å². The van der Waals surface area contributed by atoms with Gasteiger partial charge in [0.25, 0.3) is 0 Å². The molecule has 0 N–H and O–H groups in total. The molecule has 0 aliphatic rings. The zero-order valence-corrected chi connectivity index (χ0v) is 17.0. The van der Waals surface area contributed by atoms with Gasteiger partial charge in [0.2, 0.25) is 10.0 Å². The molecule has 0 unspecified atom stereocenters. The smallest absolute Gasteiger partial charge is 0.207 e. The number of halogens is 2. The first-order chi connectivity index (χ1) is 13.4. The molecular formula is C21H16Cl2N2O2S. The molecule has 3 aromatic carbocycles. The first-order valence-corrected chi connectivity index (χ1v) is 10.6. The monoisotopic (exact) mass is 430 g/mol. The van der Waals surface area contributed by atoms with Crippen LogP contribution in [0.15, 0.2) is 77.7 Å². The maximum Gasteiger partial charge on any atom is 0.245 e. The van der Waals surface area contributed by atoms with Crippen LogP contribution in [-0.2, 0) is 23.1 Å². The van der Waals surface area contributed by atoms with Crippen molar-refractivity contribution in [2.45, 2.75) is 18.0 Å². The number of hydrogen-bond donors (Lipinski definition) is 0. The summed E-state index contributed by atoms with van der Waals surface area (Å²) in [4.78, 5) is 0.00291. The van der Waals surface area contributed by atoms with Crippen molar-refractivity contribution in [3.05, 3.63) is 99.5 Å². The van der Waals surface area contributed by atoms with E-state index in [1.54, 1.807) is 24.3 Å². The topological polar surface area (TPSA) is 61.2 Å². The molecule has 28 heavy (non-hydrogen) atoms. The molecular weight excluding hydrogens is 415 g/mol. The van der Waals surface area contributed by atoms with Crippen LogP contribution in [0.2, 0.25) is 10.0 Å². The standard InChI is InChI=1S/C21H16Cl2N2O2S/c22-19-10-11-21(20(23)12-19)28(26,27)25(14-17-4-2-1-3-5-17)15-18-8-6-16(13-24)7-9-18/h1-12H,14-15H2. The van der Waals surface area contributed by atoms with Gasteiger partial charge < -0.3 is 0 Å². The van der Waals surface area contributed by atoms with Crippen LogP contribution in [-0.4, -0.2) is 12.7 Å². The summed E-state index contributed by atoms with van der Waals surface area (Å²) in [5.74, 6) is 0. The van der Waals surface area contributed by atoms with Crippen LogP contribution in [0, 0.1) is 11.3 Å². The molecule has 0 saturated heterocycles. The molecule has 142 valence electrons. The van der Waals surface area contributed by atoms with Crippen LogP contribution >= 0.6 is 23.2 Å². The molecule has 0 fully saturated rings. The minimum atomic E-state index is -3.88. The van der Waals surface area contributed by atoms with Gasteiger partial charge in [-0.3, -0.25) is 0 Å². The number of benzene rings is 3. The van der Waals surface area contributed by atoms with Crippen molar-refractivity contribution in [1.29, 1.82) is 5.26 Å². The maximum atomic E-state index is 13.3. The molecule has 0 aliphatic heterocycles. The Kier molecular flexibility index (Phi) is 6.38. The Morgan fingerprint density at radius 1 is 0.857 bits per heavy atom. The summed E-state index contributed by atoms with van der Waals surface area (Å²) in [5, 5.41) is 9.40. The predicted molar refractivity (Wildman–Crippen MR) is 110 cm³/mol. The molecule has 0 radical (unpaired) electrons. The third-order valence-corrected chi connectivity index (χ3v) is 6.67. The molecule has 7 heteroatoms. The summed E-state index contributed by atoms with van der Waals surface area (Å²) < 4.78 is 28.0. The Bertz CT molecular complexity index is 1110. The number of nitriles is 1. The van der Waals surface area contributed by atoms with E-state index in [1.165, 1.54) is 22.5 Å². The van der Waals surface area contributed by atoms with Gasteiger partial charge in [-0.2, -0.15) is 9.57 Å². The van der Waals surface area contributed by atoms with E-state index in [9.17, 15) is 8.42 Å². The molecule has 0 bridgehead atoms. The SMILES string of the molecule is N#Cc1ccc(CN(Cc2ccccc2)S(=O)(=O)c2ccc(Cl)cc2Cl)cc1. The van der Waals surface area contributed by atoms with Gasteiger partial charge in [-0.05, 0) is 41.5 Å². The summed E-state index contributed by atoms with van der Waals surface area (Å²) in [6.45, 7) is 0.323. The number of nitrogens with zero attached hydrogens (tertiary/aromatic N) is 2. The van der Waals surface area contributed by atoms with E-state index in [0.29, 0.717) is 10.6 Å². The van der Waals surface area contributed by atoms with Gasteiger partial charge in [0.1, 0.15) is 4.90 Å². The van der Waals surface area contributed by atoms with Crippen LogP contribution in [0.3, 0.4) is 0 Å². The minimum absolute atomic E-state index is 0.00291. The number of hydrogen-bond acceptors (Lipinski definition) is 3. The molecule has 0 atom stereocenters. The van der Waals surface area contributed by atoms with Crippen molar-refractivity contribution in [1.82, 2.24) is 4.31 Å². The summed E-state index contributed by atoms with van der Waals surface area (Å²) in [6, 6.07) is 22.5. The zero-order chi connectivity index (χ0) is 20.1. The highest BCUT2D eigenvalue weighted by atomic mass is 35.5. The maximum absolute atomic E-state index is 13.3. The average Bonchev–Trinajstić information content (AvgIpc) is 2.68. The van der Waals surface area contributed by atoms with E-state index in [1.807, 2.05) is 30.3 Å². The fraction of sp³-hybridized carbons (Fsp3) is 0.0952. The Morgan fingerprint density at radius 2 is 1.46 bits per heavy atom. The molecule has 0 aromatic heterocycles. The zero-order valence-electron chi connectivity index (χ0n) is 14.7. The van der Waals surface area contributed by atoms with E-state index in [-0.39, 0.29) is 23.0 Å². The minimum Gasteiger partial charge on any atom is -0.207 e. The lowest BCUT2D eigenvalue weighted by molar-refractivity contribution is 0.401. The molecule has 3 rings (SSSR count). The normalized spacial score (nSPS) is 11.4. The molecule has 3 aromatic rings. The molecule has 0 spiro atoms. The Morgan fingerprint density at radius 3 is 2.04 bits per heavy atom. The van der Waals surface area contributed by atoms with Gasteiger partial charge in [-0.1, -0.05) is 65.7 Å². The number of sulfonamides is 1. The van der Waals surface area contributed by atoms with Gasteiger partial charge in [0.05, 0.1) is 16.7 Å². The third-order valence-electron chi connectivity index (χ3n) is 4.16. The summed E-state index contributed by atoms with van der Waals surface area (Å²) in [6.07, 6.45) is 0. The molecule has 0 amide bonds. The summed E-state index contributed by atoms with van der Waals surface area (Å²) in [7, 11) is -3.88. The van der Waals surface area contributed by atoms with Gasteiger partial charge in [-0.25, -0.2) is 8.42 Å². The Hall–Kier alpha value is -2.36. The van der Waals surface area contributed by atoms with Gasteiger partial charge in [0.15, 0.2) is 0 Å². The first-order valence-electron chi connectivity index (χ1n) is 8.38. The van der Waals surface area contributed by atoms with E-state index < -0.39 is 10.0 Å². The van der Waals surface area contributed by atoms with Crippen molar-refractivity contribution < 1.29 is 8.42 Å². The van der Waals surface area contributed by atoms with Crippen LogP contribution in [0.1, 0.15) is 16.7 Å². The van der Waals surface area contributed by atoms with Crippen molar-refractivity contribution in [3.8, 4) is 6.07 Å². The second kappa shape index (κ2) is 8.76. The van der Waals surface area contributed by atoms with E-state index in [0.717, 1.165) is 11.1 Å². The quantitative estimate of drug-likeness (QED) is 0.535. The van der Waals surface area contributed by atoms with Crippen molar-refractivity contribution in [2.75, 3.05) is 0 Å². The molecule has 4 nitrogen and oxygen atoms in total. The van der Waals surface area contributed by atoms with Crippen LogP contribution in [0.4, 0.5) is 0 Å². The van der Waals surface area contributed by atoms with Crippen molar-refractivity contribution in [2.24, 2.45) is 0 Å². The summed E-state index contributed by atoms with van der Waals surface area (Å²) in [5.41, 5.74) is 2.13. The Balaban J connectivity index is 2.00. The van der Waals surface area contributed by atoms with Crippen molar-refractivity contribution in [3.63, 3.8) is 0 Å². The molecule has 0 saturated carbocycles. The van der Waals surface area contributed by atoms with Crippen molar-refractivity contribution >= 4 is 33.2 Å². The highest BCUT2D eigenvalue weighted by Crippen LogP contribution is 2.29. The fourth-order valence-corrected chi connectivity index (χ4v) is 4.89. The second-order valence-corrected chi connectivity index (χ2v) is 8.89. The lowest BCUT2D eigenvalue weighted by Crippen LogP contribution is -2.30. The van der Waals surface area contributed by atoms with E-state index in [4.69, 9.17) is 28.5 Å². The van der Waals surface area contributed by atoms with E-state index >= 15 is 0 Å². The highest BCUT2D eigenvalue weighted by molar-refractivity contribution is 7.89.